The Labute approximate surface area is 126 Å². The van der Waals surface area contributed by atoms with Crippen molar-refractivity contribution in [3.8, 4) is 0 Å². The molecule has 2 aromatic rings. The van der Waals surface area contributed by atoms with Gasteiger partial charge in [0, 0.05) is 6.54 Å². The average molecular weight is 312 g/mol. The van der Waals surface area contributed by atoms with Gasteiger partial charge in [0.15, 0.2) is 0 Å². The number of benzene rings is 2. The highest BCUT2D eigenvalue weighted by Crippen LogP contribution is 2.12. The lowest BCUT2D eigenvalue weighted by atomic mass is 10.1. The van der Waals surface area contributed by atoms with Crippen LogP contribution in [0.2, 0.25) is 0 Å². The van der Waals surface area contributed by atoms with Crippen LogP contribution in [0.3, 0.4) is 0 Å². The number of hydrogen-bond donors (Lipinski definition) is 1. The summed E-state index contributed by atoms with van der Waals surface area (Å²) >= 11 is 0. The molecule has 2 aromatic carbocycles. The van der Waals surface area contributed by atoms with Gasteiger partial charge < -0.3 is 0 Å². The second kappa shape index (κ2) is 6.88. The fourth-order valence-corrected chi connectivity index (χ4v) is 2.87. The third-order valence-corrected chi connectivity index (χ3v) is 4.43. The predicted molar refractivity (Wildman–Crippen MR) is 83.6 cm³/mol. The van der Waals surface area contributed by atoms with Crippen LogP contribution in [0.15, 0.2) is 53.4 Å². The van der Waals surface area contributed by atoms with Crippen LogP contribution < -0.4 is 4.72 Å². The third kappa shape index (κ3) is 4.07. The lowest BCUT2D eigenvalue weighted by Gasteiger charge is -2.09. The van der Waals surface area contributed by atoms with Gasteiger partial charge in [0.1, 0.15) is 0 Å². The van der Waals surface area contributed by atoms with Crippen molar-refractivity contribution < 1.29 is 8.42 Å². The molecule has 0 bridgehead atoms. The molecule has 0 atom stereocenters. The fraction of sp³-hybridized carbons (Fsp3) is 0.200. The van der Waals surface area contributed by atoms with E-state index in [-0.39, 0.29) is 12.4 Å². The van der Waals surface area contributed by atoms with E-state index in [9.17, 15) is 8.42 Å². The van der Waals surface area contributed by atoms with Gasteiger partial charge in [-0.15, -0.1) is 12.4 Å². The molecule has 3 nitrogen and oxygen atoms in total. The summed E-state index contributed by atoms with van der Waals surface area (Å²) in [5, 5.41) is 0. The first-order valence-electron chi connectivity index (χ1n) is 6.10. The summed E-state index contributed by atoms with van der Waals surface area (Å²) in [5.41, 5.74) is 3.21. The molecule has 0 saturated carbocycles. The van der Waals surface area contributed by atoms with Crippen LogP contribution in [-0.4, -0.2) is 8.42 Å². The Kier molecular flexibility index (Phi) is 5.74. The molecule has 0 heterocycles. The Hall–Kier alpha value is -1.36. The maximum absolute atomic E-state index is 12.1. The molecule has 0 aliphatic heterocycles. The normalized spacial score (nSPS) is 10.9. The Bertz CT molecular complexity index is 670. The standard InChI is InChI=1S/C15H17NO2S.ClH/c1-12-8-9-13(2)14(10-12)11-16-19(17,18)15-6-4-3-5-7-15;/h3-10,16H,11H2,1-2H3;1H. The Morgan fingerprint density at radius 3 is 2.30 bits per heavy atom. The second-order valence-electron chi connectivity index (χ2n) is 4.57. The lowest BCUT2D eigenvalue weighted by Crippen LogP contribution is -2.23. The number of sulfonamides is 1. The quantitative estimate of drug-likeness (QED) is 0.942. The minimum atomic E-state index is -3.44. The van der Waals surface area contributed by atoms with E-state index >= 15 is 0 Å². The van der Waals surface area contributed by atoms with Crippen molar-refractivity contribution in [1.82, 2.24) is 4.72 Å². The van der Waals surface area contributed by atoms with Gasteiger partial charge in [0.2, 0.25) is 10.0 Å². The summed E-state index contributed by atoms with van der Waals surface area (Å²) in [6, 6.07) is 14.4. The topological polar surface area (TPSA) is 46.2 Å². The molecule has 0 saturated heterocycles. The van der Waals surface area contributed by atoms with Crippen LogP contribution in [0.5, 0.6) is 0 Å². The predicted octanol–water partition coefficient (Wildman–Crippen LogP) is 3.20. The molecule has 20 heavy (non-hydrogen) atoms. The van der Waals surface area contributed by atoms with E-state index in [4.69, 9.17) is 0 Å². The van der Waals surface area contributed by atoms with E-state index in [2.05, 4.69) is 4.72 Å². The maximum atomic E-state index is 12.1. The summed E-state index contributed by atoms with van der Waals surface area (Å²) in [7, 11) is -3.44. The third-order valence-electron chi connectivity index (χ3n) is 3.01. The highest BCUT2D eigenvalue weighted by Gasteiger charge is 2.13. The van der Waals surface area contributed by atoms with Gasteiger partial charge in [-0.1, -0.05) is 42.0 Å². The van der Waals surface area contributed by atoms with Gasteiger partial charge in [-0.3, -0.25) is 0 Å². The Morgan fingerprint density at radius 1 is 1.00 bits per heavy atom. The molecule has 1 N–H and O–H groups in total. The van der Waals surface area contributed by atoms with Gasteiger partial charge in [0.25, 0.3) is 0 Å². The van der Waals surface area contributed by atoms with Gasteiger partial charge in [-0.05, 0) is 37.1 Å². The van der Waals surface area contributed by atoms with Gasteiger partial charge >= 0.3 is 0 Å². The largest absolute Gasteiger partial charge is 0.240 e. The number of rotatable bonds is 4. The van der Waals surface area contributed by atoms with E-state index in [0.717, 1.165) is 16.7 Å². The second-order valence-corrected chi connectivity index (χ2v) is 6.33. The average Bonchev–Trinajstić information content (AvgIpc) is 2.41. The minimum Gasteiger partial charge on any atom is -0.207 e. The summed E-state index contributed by atoms with van der Waals surface area (Å²) in [5.74, 6) is 0. The number of aryl methyl sites for hydroxylation is 2. The van der Waals surface area contributed by atoms with Crippen LogP contribution in [0, 0.1) is 13.8 Å². The first-order chi connectivity index (χ1) is 8.99. The molecule has 0 radical (unpaired) electrons. The molecule has 0 fully saturated rings. The molecule has 0 spiro atoms. The van der Waals surface area contributed by atoms with Crippen molar-refractivity contribution in [3.63, 3.8) is 0 Å². The minimum absolute atomic E-state index is 0. The van der Waals surface area contributed by atoms with Crippen LogP contribution in [0.1, 0.15) is 16.7 Å². The highest BCUT2D eigenvalue weighted by atomic mass is 35.5. The lowest BCUT2D eigenvalue weighted by molar-refractivity contribution is 0.581. The molecule has 108 valence electrons. The summed E-state index contributed by atoms with van der Waals surface area (Å²) in [4.78, 5) is 0.292. The van der Waals surface area contributed by atoms with Gasteiger partial charge in [-0.2, -0.15) is 0 Å². The number of nitrogens with one attached hydrogen (secondary N) is 1. The van der Waals surface area contributed by atoms with Crippen molar-refractivity contribution >= 4 is 22.4 Å². The molecule has 0 aliphatic carbocycles. The molecule has 0 amide bonds. The molecular weight excluding hydrogens is 294 g/mol. The zero-order valence-electron chi connectivity index (χ0n) is 11.5. The van der Waals surface area contributed by atoms with E-state index in [1.807, 2.05) is 32.0 Å². The summed E-state index contributed by atoms with van der Waals surface area (Å²) in [6.07, 6.45) is 0. The van der Waals surface area contributed by atoms with Crippen LogP contribution in [-0.2, 0) is 16.6 Å². The molecule has 5 heteroatoms. The smallest absolute Gasteiger partial charge is 0.207 e. The van der Waals surface area contributed by atoms with E-state index in [1.54, 1.807) is 30.3 Å². The van der Waals surface area contributed by atoms with E-state index in [0.29, 0.717) is 11.4 Å². The zero-order chi connectivity index (χ0) is 13.9. The Balaban J connectivity index is 0.00000200. The molecule has 2 rings (SSSR count). The van der Waals surface area contributed by atoms with E-state index < -0.39 is 10.0 Å². The van der Waals surface area contributed by atoms with Crippen LogP contribution in [0.4, 0.5) is 0 Å². The van der Waals surface area contributed by atoms with Crippen LogP contribution in [0.25, 0.3) is 0 Å². The monoisotopic (exact) mass is 311 g/mol. The van der Waals surface area contributed by atoms with Crippen LogP contribution >= 0.6 is 12.4 Å². The summed E-state index contributed by atoms with van der Waals surface area (Å²) < 4.78 is 26.8. The highest BCUT2D eigenvalue weighted by molar-refractivity contribution is 7.89. The molecule has 0 unspecified atom stereocenters. The summed E-state index contributed by atoms with van der Waals surface area (Å²) in [6.45, 7) is 4.28. The van der Waals surface area contributed by atoms with Gasteiger partial charge in [-0.25, -0.2) is 13.1 Å². The maximum Gasteiger partial charge on any atom is 0.240 e. The molecule has 0 aliphatic rings. The SMILES string of the molecule is Cc1ccc(C)c(CNS(=O)(=O)c2ccccc2)c1.Cl. The Morgan fingerprint density at radius 2 is 1.65 bits per heavy atom. The zero-order valence-corrected chi connectivity index (χ0v) is 13.1. The van der Waals surface area contributed by atoms with Crippen molar-refractivity contribution in [2.75, 3.05) is 0 Å². The van der Waals surface area contributed by atoms with Crippen molar-refractivity contribution in [2.24, 2.45) is 0 Å². The first kappa shape index (κ1) is 16.7. The first-order valence-corrected chi connectivity index (χ1v) is 7.58. The van der Waals surface area contributed by atoms with Crippen molar-refractivity contribution in [3.05, 3.63) is 65.2 Å². The van der Waals surface area contributed by atoms with Gasteiger partial charge in [0.05, 0.1) is 4.90 Å². The van der Waals surface area contributed by atoms with Crippen molar-refractivity contribution in [1.29, 1.82) is 0 Å². The number of hydrogen-bond acceptors (Lipinski definition) is 2. The molecule has 0 aromatic heterocycles. The van der Waals surface area contributed by atoms with E-state index in [1.165, 1.54) is 0 Å². The molecular formula is C15H18ClNO2S. The van der Waals surface area contributed by atoms with Crippen molar-refractivity contribution in [2.45, 2.75) is 25.3 Å². The number of halogens is 1. The fourth-order valence-electron chi connectivity index (χ4n) is 1.85.